The number of benzene rings is 1. The second-order valence-corrected chi connectivity index (χ2v) is 15.8. The van der Waals surface area contributed by atoms with Crippen molar-refractivity contribution in [1.29, 1.82) is 0 Å². The summed E-state index contributed by atoms with van der Waals surface area (Å²) in [5, 5.41) is 2.94. The summed E-state index contributed by atoms with van der Waals surface area (Å²) in [5.41, 5.74) is 0. The van der Waals surface area contributed by atoms with Crippen LogP contribution in [0.15, 0.2) is 100 Å². The first-order valence-corrected chi connectivity index (χ1v) is 14.6. The van der Waals surface area contributed by atoms with Crippen molar-refractivity contribution in [2.75, 3.05) is 0 Å². The van der Waals surface area contributed by atoms with E-state index in [1.54, 1.807) is 0 Å². The molecular weight excluding hydrogens is 344 g/mol. The summed E-state index contributed by atoms with van der Waals surface area (Å²) in [4.78, 5) is 0. The molecule has 1 aromatic carbocycles. The van der Waals surface area contributed by atoms with Gasteiger partial charge in [-0.15, -0.1) is 39.5 Å². The highest BCUT2D eigenvalue weighted by molar-refractivity contribution is 6.94. The Labute approximate surface area is 163 Å². The lowest BCUT2D eigenvalue weighted by Crippen LogP contribution is -2.50. The number of hydrogen-bond donors (Lipinski definition) is 0. The molecule has 0 spiro atoms. The molecular formula is C24H34Si2. The standard InChI is InChI=1S/C24H34Si2/c1-7-17-25(18-8-2,19-9-3)23-13-15-24(16-14-23)26(20-10-4,21-11-5)22-12-6/h7-16H,1-6,17-22H2. The van der Waals surface area contributed by atoms with Gasteiger partial charge in [0.25, 0.3) is 0 Å². The second-order valence-electron chi connectivity index (χ2n) is 7.09. The Balaban J connectivity index is 3.39. The molecule has 0 heterocycles. The smallest absolute Gasteiger partial charge is 0.0977 e. The topological polar surface area (TPSA) is 0 Å². The van der Waals surface area contributed by atoms with E-state index < -0.39 is 16.1 Å². The molecule has 0 aliphatic heterocycles. The SMILES string of the molecule is C=CC[Si](CC=C)(CC=C)c1ccc([Si](CC=C)(CC=C)CC=C)cc1. The fraction of sp³-hybridized carbons (Fsp3) is 0.250. The van der Waals surface area contributed by atoms with Gasteiger partial charge in [-0.2, -0.15) is 0 Å². The van der Waals surface area contributed by atoms with Crippen LogP contribution in [0.1, 0.15) is 0 Å². The predicted molar refractivity (Wildman–Crippen MR) is 127 cm³/mol. The molecule has 0 amide bonds. The molecule has 0 aromatic heterocycles. The van der Waals surface area contributed by atoms with Crippen LogP contribution < -0.4 is 10.4 Å². The van der Waals surface area contributed by atoms with Crippen molar-refractivity contribution in [3.05, 3.63) is 100 Å². The maximum absolute atomic E-state index is 4.01. The first-order valence-electron chi connectivity index (χ1n) is 9.34. The van der Waals surface area contributed by atoms with Crippen LogP contribution in [0.4, 0.5) is 0 Å². The largest absolute Gasteiger partial charge is 0.103 e. The molecule has 0 nitrogen and oxygen atoms in total. The second kappa shape index (κ2) is 10.9. The van der Waals surface area contributed by atoms with Crippen molar-refractivity contribution < 1.29 is 0 Å². The molecule has 0 aliphatic carbocycles. The van der Waals surface area contributed by atoms with Crippen LogP contribution in [-0.2, 0) is 0 Å². The summed E-state index contributed by atoms with van der Waals surface area (Å²) in [6.07, 6.45) is 12.4. The minimum Gasteiger partial charge on any atom is -0.103 e. The molecule has 0 N–H and O–H groups in total. The highest BCUT2D eigenvalue weighted by Gasteiger charge is 2.34. The summed E-state index contributed by atoms with van der Waals surface area (Å²) in [7, 11) is -3.42. The Morgan fingerprint density at radius 2 is 0.654 bits per heavy atom. The molecule has 1 aromatic rings. The van der Waals surface area contributed by atoms with E-state index >= 15 is 0 Å². The van der Waals surface area contributed by atoms with E-state index in [1.807, 2.05) is 0 Å². The van der Waals surface area contributed by atoms with E-state index in [0.29, 0.717) is 0 Å². The third-order valence-corrected chi connectivity index (χ3v) is 14.9. The molecule has 0 saturated heterocycles. The third-order valence-electron chi connectivity index (χ3n) is 5.32. The molecule has 1 rings (SSSR count). The van der Waals surface area contributed by atoms with E-state index in [-0.39, 0.29) is 0 Å². The Hall–Kier alpha value is -1.91. The van der Waals surface area contributed by atoms with Gasteiger partial charge in [-0.3, -0.25) is 0 Å². The van der Waals surface area contributed by atoms with E-state index in [4.69, 9.17) is 0 Å². The first kappa shape index (κ1) is 22.1. The maximum Gasteiger partial charge on any atom is 0.0977 e. The molecule has 0 bridgehead atoms. The van der Waals surface area contributed by atoms with Crippen LogP contribution in [0.3, 0.4) is 0 Å². The number of rotatable bonds is 14. The molecule has 0 unspecified atom stereocenters. The molecule has 0 aliphatic rings. The molecule has 0 atom stereocenters. The maximum atomic E-state index is 4.01. The highest BCUT2D eigenvalue weighted by atomic mass is 28.3. The first-order chi connectivity index (χ1) is 12.6. The van der Waals surface area contributed by atoms with Crippen molar-refractivity contribution in [3.8, 4) is 0 Å². The number of hydrogen-bond acceptors (Lipinski definition) is 0. The normalized spacial score (nSPS) is 11.4. The minimum atomic E-state index is -1.71. The number of allylic oxidation sites excluding steroid dienone is 6. The van der Waals surface area contributed by atoms with Gasteiger partial charge in [0, 0.05) is 0 Å². The van der Waals surface area contributed by atoms with Gasteiger partial charge in [-0.25, -0.2) is 0 Å². The van der Waals surface area contributed by atoms with Gasteiger partial charge in [-0.05, 0) is 36.3 Å². The van der Waals surface area contributed by atoms with Crippen LogP contribution in [-0.4, -0.2) is 16.1 Å². The average molecular weight is 379 g/mol. The van der Waals surface area contributed by atoms with Gasteiger partial charge in [-0.1, -0.05) is 71.1 Å². The summed E-state index contributed by atoms with van der Waals surface area (Å²) in [6, 6.07) is 15.8. The van der Waals surface area contributed by atoms with E-state index in [0.717, 1.165) is 36.3 Å². The minimum absolute atomic E-state index is 1.05. The van der Waals surface area contributed by atoms with Crippen LogP contribution >= 0.6 is 0 Å². The lowest BCUT2D eigenvalue weighted by atomic mass is 10.4. The van der Waals surface area contributed by atoms with E-state index in [9.17, 15) is 0 Å². The lowest BCUT2D eigenvalue weighted by Gasteiger charge is -2.32. The quantitative estimate of drug-likeness (QED) is 0.270. The Morgan fingerprint density at radius 3 is 0.808 bits per heavy atom. The zero-order chi connectivity index (χ0) is 19.5. The summed E-state index contributed by atoms with van der Waals surface area (Å²) >= 11 is 0. The molecule has 0 saturated carbocycles. The molecule has 138 valence electrons. The van der Waals surface area contributed by atoms with Crippen LogP contribution in [0.2, 0.25) is 36.3 Å². The van der Waals surface area contributed by atoms with Crippen LogP contribution in [0.5, 0.6) is 0 Å². The Kier molecular flexibility index (Phi) is 9.32. The monoisotopic (exact) mass is 378 g/mol. The van der Waals surface area contributed by atoms with Crippen LogP contribution in [0, 0.1) is 0 Å². The molecule has 2 heteroatoms. The lowest BCUT2D eigenvalue weighted by molar-refractivity contribution is 1.37. The van der Waals surface area contributed by atoms with Gasteiger partial charge >= 0.3 is 0 Å². The summed E-state index contributed by atoms with van der Waals surface area (Å²) in [5.74, 6) is 0. The zero-order valence-corrected chi connectivity index (χ0v) is 18.3. The van der Waals surface area contributed by atoms with Crippen molar-refractivity contribution in [3.63, 3.8) is 0 Å². The molecule has 0 fully saturated rings. The van der Waals surface area contributed by atoms with Gasteiger partial charge in [0.1, 0.15) is 0 Å². The van der Waals surface area contributed by atoms with E-state index in [1.165, 1.54) is 10.4 Å². The molecule has 0 radical (unpaired) electrons. The molecule has 26 heavy (non-hydrogen) atoms. The fourth-order valence-corrected chi connectivity index (χ4v) is 11.5. The highest BCUT2D eigenvalue weighted by Crippen LogP contribution is 2.25. The average Bonchev–Trinajstić information content (AvgIpc) is 2.63. The van der Waals surface area contributed by atoms with Crippen molar-refractivity contribution in [2.24, 2.45) is 0 Å². The van der Waals surface area contributed by atoms with Gasteiger partial charge in [0.2, 0.25) is 0 Å². The van der Waals surface area contributed by atoms with Crippen LogP contribution in [0.25, 0.3) is 0 Å². The third kappa shape index (κ3) is 5.06. The van der Waals surface area contributed by atoms with Gasteiger partial charge in [0.15, 0.2) is 0 Å². The van der Waals surface area contributed by atoms with Crippen molar-refractivity contribution in [1.82, 2.24) is 0 Å². The predicted octanol–water partition coefficient (Wildman–Crippen LogP) is 6.11. The Morgan fingerprint density at radius 1 is 0.462 bits per heavy atom. The summed E-state index contributed by atoms with van der Waals surface area (Å²) in [6.45, 7) is 24.0. The van der Waals surface area contributed by atoms with Crippen molar-refractivity contribution >= 4 is 26.5 Å². The fourth-order valence-electron chi connectivity index (χ4n) is 4.04. The van der Waals surface area contributed by atoms with Gasteiger partial charge in [0.05, 0.1) is 16.1 Å². The van der Waals surface area contributed by atoms with Crippen molar-refractivity contribution in [2.45, 2.75) is 36.3 Å². The van der Waals surface area contributed by atoms with E-state index in [2.05, 4.69) is 100 Å². The van der Waals surface area contributed by atoms with Gasteiger partial charge < -0.3 is 0 Å². The summed E-state index contributed by atoms with van der Waals surface area (Å²) < 4.78 is 0. The zero-order valence-electron chi connectivity index (χ0n) is 16.3. The Bertz CT molecular complexity index is 527.